The minimum Gasteiger partial charge on any atom is -0.495 e. The predicted molar refractivity (Wildman–Crippen MR) is 110 cm³/mol. The molecule has 186 valence electrons. The monoisotopic (exact) mass is 483 g/mol. The van der Waals surface area contributed by atoms with E-state index in [-0.39, 0.29) is 17.8 Å². The smallest absolute Gasteiger partial charge is 0.416 e. The molecule has 33 heavy (non-hydrogen) atoms. The summed E-state index contributed by atoms with van der Waals surface area (Å²) in [6.07, 6.45) is -5.30. The molecule has 0 bridgehead atoms. The number of piperazine rings is 1. The molecule has 0 radical (unpaired) electrons. The van der Waals surface area contributed by atoms with Gasteiger partial charge in [-0.05, 0) is 62.8 Å². The lowest BCUT2D eigenvalue weighted by Gasteiger charge is -2.37. The van der Waals surface area contributed by atoms with Gasteiger partial charge in [-0.2, -0.15) is 26.3 Å². The van der Waals surface area contributed by atoms with Crippen molar-refractivity contribution in [3.8, 4) is 0 Å². The number of hydrogen-bond acceptors (Lipinski definition) is 4. The summed E-state index contributed by atoms with van der Waals surface area (Å²) in [5.74, 6) is -1.10. The second-order valence-electron chi connectivity index (χ2n) is 8.71. The van der Waals surface area contributed by atoms with E-state index in [2.05, 4.69) is 10.2 Å². The third-order valence-corrected chi connectivity index (χ3v) is 6.34. The zero-order valence-electron chi connectivity index (χ0n) is 18.0. The van der Waals surface area contributed by atoms with Crippen LogP contribution in [0, 0.1) is 11.7 Å². The summed E-state index contributed by atoms with van der Waals surface area (Å²) in [6, 6.07) is 2.27. The number of aliphatic hydroxyl groups is 1. The minimum absolute atomic E-state index is 0.0295. The largest absolute Gasteiger partial charge is 0.495 e. The SMILES string of the molecule is O/C(=C\C(F)(F)F)NC1CCC(CCN2CCN(c3cc(C(F)(F)F)ccc3F)CC2)CC1. The highest BCUT2D eigenvalue weighted by Gasteiger charge is 2.32. The lowest BCUT2D eigenvalue weighted by atomic mass is 9.84. The molecule has 0 atom stereocenters. The lowest BCUT2D eigenvalue weighted by Crippen LogP contribution is -2.47. The number of halogens is 7. The van der Waals surface area contributed by atoms with Crippen LogP contribution in [0.2, 0.25) is 0 Å². The van der Waals surface area contributed by atoms with Crippen molar-refractivity contribution in [1.82, 2.24) is 10.2 Å². The number of alkyl halides is 6. The zero-order valence-corrected chi connectivity index (χ0v) is 18.0. The molecule has 3 rings (SSSR count). The highest BCUT2D eigenvalue weighted by molar-refractivity contribution is 5.51. The number of benzene rings is 1. The van der Waals surface area contributed by atoms with Crippen LogP contribution in [0.3, 0.4) is 0 Å². The Morgan fingerprint density at radius 3 is 2.21 bits per heavy atom. The van der Waals surface area contributed by atoms with Gasteiger partial charge in [0, 0.05) is 32.2 Å². The van der Waals surface area contributed by atoms with Crippen LogP contribution >= 0.6 is 0 Å². The number of hydrogen-bond donors (Lipinski definition) is 2. The Bertz CT molecular complexity index is 809. The van der Waals surface area contributed by atoms with Crippen LogP contribution in [0.5, 0.6) is 0 Å². The molecular weight excluding hydrogens is 455 g/mol. The molecule has 2 aliphatic rings. The van der Waals surface area contributed by atoms with Crippen molar-refractivity contribution in [2.45, 2.75) is 50.5 Å². The number of nitrogens with zero attached hydrogens (tertiary/aromatic N) is 2. The molecule has 0 amide bonds. The second-order valence-corrected chi connectivity index (χ2v) is 8.71. The van der Waals surface area contributed by atoms with Crippen molar-refractivity contribution in [2.24, 2.45) is 5.92 Å². The Morgan fingerprint density at radius 1 is 1.00 bits per heavy atom. The van der Waals surface area contributed by atoms with Crippen molar-refractivity contribution in [3.63, 3.8) is 0 Å². The number of aliphatic hydroxyl groups excluding tert-OH is 1. The molecular formula is C22H28F7N3O. The Labute approximate surface area is 188 Å². The van der Waals surface area contributed by atoms with E-state index in [9.17, 15) is 35.8 Å². The van der Waals surface area contributed by atoms with E-state index >= 15 is 0 Å². The fourth-order valence-corrected chi connectivity index (χ4v) is 4.51. The van der Waals surface area contributed by atoms with Crippen molar-refractivity contribution >= 4 is 5.69 Å². The first kappa shape index (κ1) is 25.5. The zero-order chi connectivity index (χ0) is 24.2. The average molecular weight is 483 g/mol. The van der Waals surface area contributed by atoms with E-state index in [4.69, 9.17) is 0 Å². The van der Waals surface area contributed by atoms with Gasteiger partial charge in [0.25, 0.3) is 0 Å². The first-order valence-electron chi connectivity index (χ1n) is 11.0. The van der Waals surface area contributed by atoms with E-state index in [1.165, 1.54) is 0 Å². The van der Waals surface area contributed by atoms with Gasteiger partial charge in [-0.15, -0.1) is 0 Å². The molecule has 1 aromatic carbocycles. The fraction of sp³-hybridized carbons (Fsp3) is 0.636. The summed E-state index contributed by atoms with van der Waals surface area (Å²) in [5.41, 5.74) is -0.897. The van der Waals surface area contributed by atoms with Crippen molar-refractivity contribution in [1.29, 1.82) is 0 Å². The van der Waals surface area contributed by atoms with E-state index < -0.39 is 29.6 Å². The number of rotatable bonds is 6. The summed E-state index contributed by atoms with van der Waals surface area (Å²) in [5, 5.41) is 11.9. The van der Waals surface area contributed by atoms with E-state index in [0.29, 0.717) is 44.9 Å². The van der Waals surface area contributed by atoms with Gasteiger partial charge >= 0.3 is 12.4 Å². The Balaban J connectivity index is 1.40. The van der Waals surface area contributed by atoms with Gasteiger partial charge in [0.2, 0.25) is 0 Å². The Kier molecular flexibility index (Phi) is 8.02. The maximum Gasteiger partial charge on any atom is 0.416 e. The maximum absolute atomic E-state index is 14.1. The van der Waals surface area contributed by atoms with Gasteiger partial charge in [-0.3, -0.25) is 4.90 Å². The number of nitrogens with one attached hydrogen (secondary N) is 1. The highest BCUT2D eigenvalue weighted by atomic mass is 19.4. The van der Waals surface area contributed by atoms with Gasteiger partial charge < -0.3 is 15.3 Å². The van der Waals surface area contributed by atoms with Crippen LogP contribution < -0.4 is 10.2 Å². The van der Waals surface area contributed by atoms with Gasteiger partial charge in [0.15, 0.2) is 5.88 Å². The standard InChI is InChI=1S/C22H28F7N3O/c23-18-6-3-16(22(27,28)29)13-19(18)32-11-9-31(10-12-32)8-7-15-1-4-17(5-2-15)30-20(33)14-21(24,25)26/h3,6,13-15,17,30,33H,1-2,4-5,7-12H2/b20-14-. The first-order chi connectivity index (χ1) is 15.4. The third kappa shape index (κ3) is 7.68. The summed E-state index contributed by atoms with van der Waals surface area (Å²) in [6.45, 7) is 2.89. The molecule has 1 aliphatic heterocycles. The minimum atomic E-state index is -4.56. The number of allylic oxidation sites excluding steroid dienone is 1. The molecule has 1 aromatic rings. The van der Waals surface area contributed by atoms with E-state index in [1.54, 1.807) is 4.90 Å². The maximum atomic E-state index is 14.1. The van der Waals surface area contributed by atoms with Crippen LogP contribution in [-0.4, -0.2) is 54.9 Å². The third-order valence-electron chi connectivity index (χ3n) is 6.34. The van der Waals surface area contributed by atoms with Gasteiger partial charge in [0.05, 0.1) is 17.3 Å². The van der Waals surface area contributed by atoms with Crippen molar-refractivity contribution in [2.75, 3.05) is 37.6 Å². The van der Waals surface area contributed by atoms with Crippen LogP contribution in [0.4, 0.5) is 36.4 Å². The lowest BCUT2D eigenvalue weighted by molar-refractivity contribution is -0.137. The predicted octanol–water partition coefficient (Wildman–Crippen LogP) is 5.47. The normalized spacial score (nSPS) is 23.6. The second kappa shape index (κ2) is 10.4. The summed E-state index contributed by atoms with van der Waals surface area (Å²) in [7, 11) is 0. The molecule has 0 spiro atoms. The summed E-state index contributed by atoms with van der Waals surface area (Å²) < 4.78 is 89.7. The van der Waals surface area contributed by atoms with Crippen molar-refractivity contribution in [3.05, 3.63) is 41.5 Å². The van der Waals surface area contributed by atoms with Crippen LogP contribution in [0.1, 0.15) is 37.7 Å². The molecule has 0 aromatic heterocycles. The van der Waals surface area contributed by atoms with E-state index in [1.807, 2.05) is 0 Å². The van der Waals surface area contributed by atoms with Crippen LogP contribution in [0.25, 0.3) is 0 Å². The molecule has 0 unspecified atom stereocenters. The molecule has 1 saturated heterocycles. The van der Waals surface area contributed by atoms with E-state index in [0.717, 1.165) is 44.0 Å². The van der Waals surface area contributed by atoms with Crippen LogP contribution in [-0.2, 0) is 6.18 Å². The average Bonchev–Trinajstić information content (AvgIpc) is 2.72. The number of anilines is 1. The Hall–Kier alpha value is -2.17. The van der Waals surface area contributed by atoms with Gasteiger partial charge in [-0.25, -0.2) is 4.39 Å². The molecule has 1 heterocycles. The van der Waals surface area contributed by atoms with Gasteiger partial charge in [-0.1, -0.05) is 0 Å². The first-order valence-corrected chi connectivity index (χ1v) is 11.0. The highest BCUT2D eigenvalue weighted by Crippen LogP contribution is 2.33. The molecule has 1 saturated carbocycles. The van der Waals surface area contributed by atoms with Crippen molar-refractivity contribution < 1.29 is 35.8 Å². The molecule has 4 nitrogen and oxygen atoms in total. The fourth-order valence-electron chi connectivity index (χ4n) is 4.51. The van der Waals surface area contributed by atoms with Crippen LogP contribution in [0.15, 0.2) is 30.2 Å². The molecule has 11 heteroatoms. The molecule has 1 aliphatic carbocycles. The summed E-state index contributed by atoms with van der Waals surface area (Å²) >= 11 is 0. The quantitative estimate of drug-likeness (QED) is 0.416. The summed E-state index contributed by atoms with van der Waals surface area (Å²) in [4.78, 5) is 3.84. The Morgan fingerprint density at radius 2 is 1.64 bits per heavy atom. The molecule has 2 N–H and O–H groups in total. The topological polar surface area (TPSA) is 38.7 Å². The molecule has 2 fully saturated rings. The van der Waals surface area contributed by atoms with Gasteiger partial charge in [0.1, 0.15) is 5.82 Å².